The first-order valence-electron chi connectivity index (χ1n) is 17.0. The number of rotatable bonds is 2. The van der Waals surface area contributed by atoms with Gasteiger partial charge in [-0.1, -0.05) is 48.5 Å². The van der Waals surface area contributed by atoms with Crippen LogP contribution in [0.4, 0.5) is 26.3 Å². The minimum atomic E-state index is -4.51. The minimum Gasteiger partial charge on any atom is -0.245 e. The van der Waals surface area contributed by atoms with Crippen LogP contribution in [0.25, 0.3) is 87.7 Å². The average Bonchev–Trinajstić information content (AvgIpc) is 3.69. The number of alkyl halides is 6. The van der Waals surface area contributed by atoms with Crippen molar-refractivity contribution in [1.82, 2.24) is 19.9 Å². The molecule has 8 nitrogen and oxygen atoms in total. The van der Waals surface area contributed by atoms with E-state index in [4.69, 9.17) is 33.1 Å². The topological polar surface area (TPSA) is 108 Å². The Balaban J connectivity index is 1.19. The Bertz CT molecular complexity index is 2980. The van der Waals surface area contributed by atoms with Crippen LogP contribution in [0.2, 0.25) is 0 Å². The Hall–Kier alpha value is -8.20. The van der Waals surface area contributed by atoms with Gasteiger partial charge in [0.05, 0.1) is 81.3 Å². The van der Waals surface area contributed by atoms with Crippen LogP contribution in [0.15, 0.2) is 108 Å². The molecule has 0 atom stereocenters. The summed E-state index contributed by atoms with van der Waals surface area (Å²) in [7, 11) is 0. The van der Waals surface area contributed by atoms with Crippen LogP contribution in [0, 0.1) is 35.8 Å². The average molecular weight is 771 g/mol. The van der Waals surface area contributed by atoms with E-state index in [0.717, 1.165) is 24.3 Å². The van der Waals surface area contributed by atoms with Crippen LogP contribution >= 0.6 is 0 Å². The molecule has 2 heterocycles. The largest absolute Gasteiger partial charge is 0.416 e. The molecule has 0 N–H and O–H groups in total. The highest BCUT2D eigenvalue weighted by Crippen LogP contribution is 2.48. The van der Waals surface area contributed by atoms with E-state index in [1.807, 2.05) is 12.1 Å². The van der Waals surface area contributed by atoms with Crippen molar-refractivity contribution >= 4 is 33.2 Å². The zero-order valence-corrected chi connectivity index (χ0v) is 29.1. The van der Waals surface area contributed by atoms with Crippen molar-refractivity contribution in [2.75, 3.05) is 0 Å². The Morgan fingerprint density at radius 3 is 1.09 bits per heavy atom. The maximum Gasteiger partial charge on any atom is 0.416 e. The van der Waals surface area contributed by atoms with Crippen LogP contribution in [0.1, 0.15) is 33.6 Å². The van der Waals surface area contributed by atoms with Crippen LogP contribution in [0.5, 0.6) is 0 Å². The second-order valence-electron chi connectivity index (χ2n) is 13.2. The van der Waals surface area contributed by atoms with Gasteiger partial charge in [0, 0.05) is 22.3 Å². The third-order valence-electron chi connectivity index (χ3n) is 10.0. The Labute approximate surface area is 323 Å². The monoisotopic (exact) mass is 770 g/mol. The fraction of sp³-hybridized carbons (Fsp3) is 0.0455. The number of halogens is 6. The lowest BCUT2D eigenvalue weighted by molar-refractivity contribution is -0.138. The zero-order chi connectivity index (χ0) is 40.7. The first-order valence-corrected chi connectivity index (χ1v) is 17.0. The van der Waals surface area contributed by atoms with Crippen molar-refractivity contribution in [3.8, 4) is 56.9 Å². The Morgan fingerprint density at radius 1 is 0.448 bits per heavy atom. The summed E-state index contributed by atoms with van der Waals surface area (Å²) in [5.74, 6) is 0. The second kappa shape index (κ2) is 12.7. The lowest BCUT2D eigenvalue weighted by Crippen LogP contribution is -2.04. The van der Waals surface area contributed by atoms with Gasteiger partial charge in [0.15, 0.2) is 0 Å². The summed E-state index contributed by atoms with van der Waals surface area (Å²) in [6.45, 7) is 15.5. The van der Waals surface area contributed by atoms with Gasteiger partial charge in [0.1, 0.15) is 0 Å². The Kier molecular flexibility index (Phi) is 7.76. The van der Waals surface area contributed by atoms with E-state index >= 15 is 0 Å². The van der Waals surface area contributed by atoms with Gasteiger partial charge in [0.25, 0.3) is 11.4 Å². The van der Waals surface area contributed by atoms with E-state index in [1.165, 1.54) is 24.3 Å². The molecule has 274 valence electrons. The van der Waals surface area contributed by atoms with Gasteiger partial charge < -0.3 is 0 Å². The van der Waals surface area contributed by atoms with Crippen LogP contribution in [-0.2, 0) is 12.4 Å². The summed E-state index contributed by atoms with van der Waals surface area (Å²) in [6.07, 6.45) is -9.02. The first kappa shape index (κ1) is 35.5. The van der Waals surface area contributed by atoms with Crippen molar-refractivity contribution in [3.05, 3.63) is 165 Å². The molecular weight excluding hydrogens is 755 g/mol. The number of nitrogens with zero attached hydrogens (tertiary/aromatic N) is 8. The van der Waals surface area contributed by atoms with E-state index in [2.05, 4.69) is 9.69 Å². The van der Waals surface area contributed by atoms with Crippen LogP contribution in [-0.4, -0.2) is 19.9 Å². The number of benzene rings is 5. The molecule has 9 rings (SSSR count). The quantitative estimate of drug-likeness (QED) is 0.0749. The maximum atomic E-state index is 13.2. The molecule has 0 amide bonds. The summed E-state index contributed by atoms with van der Waals surface area (Å²) in [5, 5.41) is 20.0. The summed E-state index contributed by atoms with van der Waals surface area (Å²) >= 11 is 0. The second-order valence-corrected chi connectivity index (χ2v) is 13.2. The SMILES string of the molecule is [C-]#[N+]/C(C#N)=C1/c2cc(-c3ccc(C(F)(F)F)cc3)ccc2-c2nc3cc4nc5c(nc4cc3nc21)/C(=C(\C#N)[N+]#[C-])c1cc(-c2ccc(C(F)(F)F)cc2)ccc1-5. The van der Waals surface area contributed by atoms with Gasteiger partial charge >= 0.3 is 12.4 Å². The fourth-order valence-corrected chi connectivity index (χ4v) is 7.32. The molecule has 0 saturated heterocycles. The smallest absolute Gasteiger partial charge is 0.245 e. The predicted octanol–water partition coefficient (Wildman–Crippen LogP) is 11.3. The molecule has 0 unspecified atom stereocenters. The normalized spacial score (nSPS) is 14.4. The van der Waals surface area contributed by atoms with Crippen molar-refractivity contribution in [2.24, 2.45) is 0 Å². The minimum absolute atomic E-state index is 0.214. The molecule has 2 aromatic heterocycles. The van der Waals surface area contributed by atoms with E-state index in [1.54, 1.807) is 48.5 Å². The molecular formula is C44H16F6N8. The molecule has 5 aromatic carbocycles. The van der Waals surface area contributed by atoms with Gasteiger partial charge in [-0.15, -0.1) is 0 Å². The summed E-state index contributed by atoms with van der Waals surface area (Å²) < 4.78 is 79.5. The standard InChI is InChI=1S/C44H16F6N8/c1-53-35(19-51)37-29-15-23(21-3-9-25(10-4-21)43(45,46)47)7-13-27(29)39-41(37)57-33-18-34-32(17-31(33)55-39)56-40-28-14-8-24(22-5-11-26(12-6-22)44(48,49)50)16-30(28)38(42(40)58-34)36(20-52)54-2/h3-18H/b37-35-,38-36+. The molecule has 0 radical (unpaired) electrons. The number of allylic oxidation sites excluding steroid dienone is 2. The lowest BCUT2D eigenvalue weighted by Gasteiger charge is -2.09. The number of hydrogen-bond donors (Lipinski definition) is 0. The molecule has 0 bridgehead atoms. The van der Waals surface area contributed by atoms with Crippen LogP contribution < -0.4 is 0 Å². The Morgan fingerprint density at radius 2 is 0.776 bits per heavy atom. The fourth-order valence-electron chi connectivity index (χ4n) is 7.32. The predicted molar refractivity (Wildman–Crippen MR) is 201 cm³/mol. The first-order chi connectivity index (χ1) is 27.8. The molecule has 7 aromatic rings. The molecule has 58 heavy (non-hydrogen) atoms. The summed E-state index contributed by atoms with van der Waals surface area (Å²) in [5.41, 5.74) is 5.09. The third-order valence-corrected chi connectivity index (χ3v) is 10.0. The highest BCUT2D eigenvalue weighted by molar-refractivity contribution is 6.07. The summed E-state index contributed by atoms with van der Waals surface area (Å²) in [6, 6.07) is 26.7. The number of aromatic nitrogens is 4. The number of fused-ring (bicyclic) bond motifs is 8. The zero-order valence-electron chi connectivity index (χ0n) is 29.1. The van der Waals surface area contributed by atoms with Gasteiger partial charge in [-0.3, -0.25) is 0 Å². The van der Waals surface area contributed by atoms with E-state index in [9.17, 15) is 36.9 Å². The molecule has 2 aliphatic rings. The van der Waals surface area contributed by atoms with Gasteiger partial charge in [0.2, 0.25) is 0 Å². The molecule has 14 heteroatoms. The summed E-state index contributed by atoms with van der Waals surface area (Å²) in [4.78, 5) is 26.4. The molecule has 0 spiro atoms. The van der Waals surface area contributed by atoms with Crippen LogP contribution in [0.3, 0.4) is 0 Å². The maximum absolute atomic E-state index is 13.2. The molecule has 0 fully saturated rings. The molecule has 0 aliphatic heterocycles. The third kappa shape index (κ3) is 5.51. The highest BCUT2D eigenvalue weighted by Gasteiger charge is 2.34. The van der Waals surface area contributed by atoms with Gasteiger partial charge in [-0.2, -0.15) is 26.3 Å². The van der Waals surface area contributed by atoms with Gasteiger partial charge in [-0.25, -0.2) is 40.1 Å². The van der Waals surface area contributed by atoms with E-state index in [-0.39, 0.29) is 33.9 Å². The lowest BCUT2D eigenvalue weighted by atomic mass is 9.97. The van der Waals surface area contributed by atoms with E-state index in [0.29, 0.717) is 78.0 Å². The van der Waals surface area contributed by atoms with Crippen molar-refractivity contribution in [1.29, 1.82) is 10.5 Å². The van der Waals surface area contributed by atoms with Gasteiger partial charge in [-0.05, 0) is 81.9 Å². The van der Waals surface area contributed by atoms with Crippen molar-refractivity contribution < 1.29 is 26.3 Å². The number of nitriles is 2. The molecule has 0 saturated carbocycles. The number of hydrogen-bond acceptors (Lipinski definition) is 6. The molecule has 2 aliphatic carbocycles. The van der Waals surface area contributed by atoms with Crippen molar-refractivity contribution in [3.63, 3.8) is 0 Å². The van der Waals surface area contributed by atoms with E-state index < -0.39 is 23.5 Å². The van der Waals surface area contributed by atoms with Crippen molar-refractivity contribution in [2.45, 2.75) is 12.4 Å². The highest BCUT2D eigenvalue weighted by atomic mass is 19.4.